The number of nitrogens with one attached hydrogen (secondary N) is 1. The summed E-state index contributed by atoms with van der Waals surface area (Å²) in [7, 11) is 0. The van der Waals surface area contributed by atoms with Crippen molar-refractivity contribution >= 4 is 17.6 Å². The van der Waals surface area contributed by atoms with Crippen molar-refractivity contribution in [3.63, 3.8) is 0 Å². The number of hydrogen-bond donors (Lipinski definition) is 1. The third-order valence-electron chi connectivity index (χ3n) is 7.96. The molecule has 1 aromatic carbocycles. The Kier molecular flexibility index (Phi) is 6.26. The first-order chi connectivity index (χ1) is 18.0. The van der Waals surface area contributed by atoms with Gasteiger partial charge >= 0.3 is 0 Å². The van der Waals surface area contributed by atoms with Crippen molar-refractivity contribution in [2.24, 2.45) is 16.3 Å². The van der Waals surface area contributed by atoms with Gasteiger partial charge in [-0.3, -0.25) is 4.99 Å². The SMILES string of the molecule is Cc1cc(N2CCOCC2)ccc1C1=CC2=CC(N=CC=C2C2(C)C=C(C#N)C(OCC3CC3)=CC2)N1. The number of dihydropyridines is 1. The summed E-state index contributed by atoms with van der Waals surface area (Å²) in [6.45, 7) is 8.50. The summed E-state index contributed by atoms with van der Waals surface area (Å²) in [6, 6.07) is 9.08. The predicted octanol–water partition coefficient (Wildman–Crippen LogP) is 5.21. The summed E-state index contributed by atoms with van der Waals surface area (Å²) in [5, 5.41) is 13.5. The number of anilines is 1. The van der Waals surface area contributed by atoms with Crippen LogP contribution in [-0.2, 0) is 9.47 Å². The molecule has 0 radical (unpaired) electrons. The number of nitrogens with zero attached hydrogens (tertiary/aromatic N) is 3. The Morgan fingerprint density at radius 2 is 2.11 bits per heavy atom. The number of aryl methyl sites for hydroxylation is 1. The van der Waals surface area contributed by atoms with E-state index in [1.807, 2.05) is 6.21 Å². The third kappa shape index (κ3) is 4.89. The lowest BCUT2D eigenvalue weighted by Crippen LogP contribution is -2.36. The van der Waals surface area contributed by atoms with E-state index in [-0.39, 0.29) is 11.6 Å². The van der Waals surface area contributed by atoms with Gasteiger partial charge in [0.2, 0.25) is 0 Å². The summed E-state index contributed by atoms with van der Waals surface area (Å²) in [5.74, 6) is 1.39. The first-order valence-corrected chi connectivity index (χ1v) is 13.4. The van der Waals surface area contributed by atoms with Crippen molar-refractivity contribution in [3.8, 4) is 6.07 Å². The molecule has 0 spiro atoms. The fraction of sp³-hybridized carbons (Fsp3) is 0.419. The lowest BCUT2D eigenvalue weighted by Gasteiger charge is -2.34. The third-order valence-corrected chi connectivity index (χ3v) is 7.96. The Hall–Kier alpha value is -3.56. The van der Waals surface area contributed by atoms with Crippen LogP contribution in [0, 0.1) is 29.6 Å². The van der Waals surface area contributed by atoms with Gasteiger partial charge in [0.1, 0.15) is 18.0 Å². The molecule has 6 rings (SSSR count). The molecule has 1 N–H and O–H groups in total. The molecule has 2 bridgehead atoms. The van der Waals surface area contributed by atoms with Crippen molar-refractivity contribution in [3.05, 3.63) is 82.2 Å². The molecule has 0 aromatic heterocycles. The zero-order valence-corrected chi connectivity index (χ0v) is 21.7. The Morgan fingerprint density at radius 1 is 1.27 bits per heavy atom. The number of hydrogen-bond acceptors (Lipinski definition) is 6. The molecule has 6 heteroatoms. The molecule has 37 heavy (non-hydrogen) atoms. The van der Waals surface area contributed by atoms with Gasteiger partial charge in [-0.2, -0.15) is 5.26 Å². The van der Waals surface area contributed by atoms with Crippen molar-refractivity contribution in [2.75, 3.05) is 37.8 Å². The molecular weight excluding hydrogens is 460 g/mol. The second-order valence-corrected chi connectivity index (χ2v) is 10.9. The van der Waals surface area contributed by atoms with Gasteiger partial charge in [-0.05, 0) is 85.3 Å². The van der Waals surface area contributed by atoms with Crippen LogP contribution in [0.2, 0.25) is 0 Å². The minimum atomic E-state index is -0.321. The number of morpholine rings is 1. The molecule has 190 valence electrons. The van der Waals surface area contributed by atoms with Crippen LogP contribution in [-0.4, -0.2) is 45.3 Å². The Labute approximate surface area is 219 Å². The number of aliphatic imine (C=N–C) groups is 1. The number of nitriles is 1. The van der Waals surface area contributed by atoms with Crippen LogP contribution in [0.3, 0.4) is 0 Å². The first-order valence-electron chi connectivity index (χ1n) is 13.4. The number of benzene rings is 1. The second kappa shape index (κ2) is 9.72. The maximum absolute atomic E-state index is 9.91. The number of ether oxygens (including phenoxy) is 2. The molecule has 2 atom stereocenters. The molecular formula is C31H34N4O2. The largest absolute Gasteiger partial charge is 0.492 e. The van der Waals surface area contributed by atoms with Crippen LogP contribution in [0.4, 0.5) is 5.69 Å². The maximum atomic E-state index is 9.91. The fourth-order valence-corrected chi connectivity index (χ4v) is 5.58. The molecule has 1 saturated carbocycles. The van der Waals surface area contributed by atoms with Gasteiger partial charge in [-0.25, -0.2) is 0 Å². The molecule has 2 unspecified atom stereocenters. The fourth-order valence-electron chi connectivity index (χ4n) is 5.58. The van der Waals surface area contributed by atoms with Crippen molar-refractivity contribution in [2.45, 2.75) is 39.3 Å². The zero-order chi connectivity index (χ0) is 25.4. The Morgan fingerprint density at radius 3 is 2.86 bits per heavy atom. The highest BCUT2D eigenvalue weighted by atomic mass is 16.5. The minimum absolute atomic E-state index is 0.123. The maximum Gasteiger partial charge on any atom is 0.138 e. The van der Waals surface area contributed by atoms with Crippen LogP contribution in [0.25, 0.3) is 5.70 Å². The van der Waals surface area contributed by atoms with E-state index in [2.05, 4.69) is 78.7 Å². The highest BCUT2D eigenvalue weighted by Crippen LogP contribution is 2.45. The summed E-state index contributed by atoms with van der Waals surface area (Å²) in [6.07, 6.45) is 15.7. The number of fused-ring (bicyclic) bond motifs is 1. The predicted molar refractivity (Wildman–Crippen MR) is 147 cm³/mol. The average molecular weight is 495 g/mol. The van der Waals surface area contributed by atoms with E-state index in [0.717, 1.165) is 49.8 Å². The normalized spacial score (nSPS) is 27.0. The van der Waals surface area contributed by atoms with E-state index in [4.69, 9.17) is 14.5 Å². The second-order valence-electron chi connectivity index (χ2n) is 10.9. The molecule has 1 aromatic rings. The van der Waals surface area contributed by atoms with E-state index in [0.29, 0.717) is 18.1 Å². The van der Waals surface area contributed by atoms with Crippen molar-refractivity contribution in [1.29, 1.82) is 5.26 Å². The lowest BCUT2D eigenvalue weighted by atomic mass is 9.71. The van der Waals surface area contributed by atoms with Gasteiger partial charge in [0.25, 0.3) is 0 Å². The zero-order valence-electron chi connectivity index (χ0n) is 21.7. The van der Waals surface area contributed by atoms with Crippen LogP contribution >= 0.6 is 0 Å². The Bertz CT molecular complexity index is 1310. The highest BCUT2D eigenvalue weighted by Gasteiger charge is 2.35. The van der Waals surface area contributed by atoms with Gasteiger partial charge in [-0.1, -0.05) is 19.1 Å². The smallest absolute Gasteiger partial charge is 0.138 e. The van der Waals surface area contributed by atoms with Gasteiger partial charge in [0.15, 0.2) is 0 Å². The quantitative estimate of drug-likeness (QED) is 0.588. The number of rotatable bonds is 6. The molecule has 2 fully saturated rings. The monoisotopic (exact) mass is 494 g/mol. The minimum Gasteiger partial charge on any atom is -0.492 e. The van der Waals surface area contributed by atoms with E-state index >= 15 is 0 Å². The van der Waals surface area contributed by atoms with E-state index < -0.39 is 0 Å². The van der Waals surface area contributed by atoms with E-state index in [9.17, 15) is 5.26 Å². The molecule has 3 heterocycles. The molecule has 6 nitrogen and oxygen atoms in total. The standard InChI is InChI=1S/C31H34N4O2/c1-21-15-25(35-11-13-36-14-12-35)5-6-26(21)28-16-23-17-30(34-28)33-10-8-27(23)31(2)9-7-29(24(18-31)19-32)37-20-22-3-4-22/h5-8,10,15-18,22,30,34H,3-4,9,11-14,20H2,1-2H3. The highest BCUT2D eigenvalue weighted by molar-refractivity contribution is 5.81. The number of allylic oxidation sites excluding steroid dienone is 7. The lowest BCUT2D eigenvalue weighted by molar-refractivity contribution is 0.122. The summed E-state index contributed by atoms with van der Waals surface area (Å²) in [4.78, 5) is 7.13. The molecule has 0 amide bonds. The van der Waals surface area contributed by atoms with Crippen molar-refractivity contribution < 1.29 is 9.47 Å². The molecule has 5 aliphatic rings. The van der Waals surface area contributed by atoms with Gasteiger partial charge in [-0.15, -0.1) is 0 Å². The molecule has 3 aliphatic heterocycles. The topological polar surface area (TPSA) is 69.9 Å². The van der Waals surface area contributed by atoms with Crippen LogP contribution in [0.5, 0.6) is 0 Å². The van der Waals surface area contributed by atoms with Crippen LogP contribution < -0.4 is 10.2 Å². The van der Waals surface area contributed by atoms with Gasteiger partial charge < -0.3 is 19.7 Å². The van der Waals surface area contributed by atoms with Gasteiger partial charge in [0.05, 0.1) is 25.4 Å². The summed E-state index contributed by atoms with van der Waals surface area (Å²) < 4.78 is 11.5. The van der Waals surface area contributed by atoms with E-state index in [1.165, 1.54) is 35.2 Å². The summed E-state index contributed by atoms with van der Waals surface area (Å²) in [5.41, 5.74) is 7.36. The molecule has 2 aliphatic carbocycles. The summed E-state index contributed by atoms with van der Waals surface area (Å²) >= 11 is 0. The Balaban J connectivity index is 1.27. The van der Waals surface area contributed by atoms with E-state index in [1.54, 1.807) is 0 Å². The van der Waals surface area contributed by atoms with Crippen molar-refractivity contribution in [1.82, 2.24) is 5.32 Å². The van der Waals surface area contributed by atoms with Gasteiger partial charge in [0, 0.05) is 41.7 Å². The first kappa shape index (κ1) is 23.8. The average Bonchev–Trinajstić information content (AvgIpc) is 3.76. The van der Waals surface area contributed by atoms with Crippen LogP contribution in [0.1, 0.15) is 37.3 Å². The molecule has 1 saturated heterocycles. The van der Waals surface area contributed by atoms with Crippen LogP contribution in [0.15, 0.2) is 76.1 Å².